The second-order valence-corrected chi connectivity index (χ2v) is 6.07. The van der Waals surface area contributed by atoms with Crippen molar-refractivity contribution in [3.8, 4) is 6.07 Å². The molecular weight excluding hydrogens is 320 g/mol. The van der Waals surface area contributed by atoms with E-state index in [-0.39, 0.29) is 0 Å². The molecule has 4 heteroatoms. The molecule has 2 heterocycles. The summed E-state index contributed by atoms with van der Waals surface area (Å²) in [6.07, 6.45) is 6.48. The first-order valence-electron chi connectivity index (χ1n) is 8.37. The third kappa shape index (κ3) is 3.38. The average Bonchev–Trinajstić information content (AvgIpc) is 3.09. The molecule has 124 valence electrons. The molecule has 0 spiro atoms. The van der Waals surface area contributed by atoms with Gasteiger partial charge in [-0.25, -0.2) is 0 Å². The van der Waals surface area contributed by atoms with E-state index in [0.29, 0.717) is 5.56 Å². The Morgan fingerprint density at radius 3 is 2.73 bits per heavy atom. The lowest BCUT2D eigenvalue weighted by Crippen LogP contribution is -1.89. The highest BCUT2D eigenvalue weighted by Gasteiger charge is 2.05. The number of nitrogens with zero attached hydrogens (tertiary/aromatic N) is 3. The molecule has 0 bridgehead atoms. The Hall–Kier alpha value is -3.71. The molecule has 4 nitrogen and oxygen atoms in total. The first-order chi connectivity index (χ1) is 12.8. The van der Waals surface area contributed by atoms with Crippen molar-refractivity contribution in [1.29, 1.82) is 5.26 Å². The van der Waals surface area contributed by atoms with Crippen LogP contribution in [0.25, 0.3) is 23.1 Å². The number of pyridine rings is 1. The Bertz CT molecular complexity index is 1120. The summed E-state index contributed by atoms with van der Waals surface area (Å²) in [6.45, 7) is 0. The molecule has 0 atom stereocenters. The monoisotopic (exact) mass is 336 g/mol. The summed E-state index contributed by atoms with van der Waals surface area (Å²) < 4.78 is 0. The third-order valence-corrected chi connectivity index (χ3v) is 4.22. The fraction of sp³-hybridized carbons (Fsp3) is 0.0455. The largest absolute Gasteiger partial charge is 0.277 e. The molecule has 0 fully saturated rings. The first-order valence-corrected chi connectivity index (χ1v) is 8.37. The van der Waals surface area contributed by atoms with E-state index < -0.39 is 0 Å². The average molecular weight is 336 g/mol. The minimum atomic E-state index is 0.686. The van der Waals surface area contributed by atoms with Gasteiger partial charge in [-0.1, -0.05) is 24.3 Å². The maximum Gasteiger partial charge on any atom is 0.0991 e. The molecule has 0 aliphatic carbocycles. The fourth-order valence-electron chi connectivity index (χ4n) is 2.94. The van der Waals surface area contributed by atoms with Gasteiger partial charge < -0.3 is 0 Å². The summed E-state index contributed by atoms with van der Waals surface area (Å²) in [4.78, 5) is 4.30. The molecule has 0 aliphatic heterocycles. The molecule has 4 aromatic rings. The van der Waals surface area contributed by atoms with Crippen molar-refractivity contribution < 1.29 is 0 Å². The minimum Gasteiger partial charge on any atom is -0.277 e. The predicted molar refractivity (Wildman–Crippen MR) is 103 cm³/mol. The Labute approximate surface area is 151 Å². The van der Waals surface area contributed by atoms with Gasteiger partial charge in [0.1, 0.15) is 0 Å². The summed E-state index contributed by atoms with van der Waals surface area (Å²) in [5.41, 5.74) is 5.77. The van der Waals surface area contributed by atoms with Gasteiger partial charge in [-0.3, -0.25) is 10.1 Å². The fourth-order valence-corrected chi connectivity index (χ4v) is 2.94. The highest BCUT2D eigenvalue weighted by molar-refractivity contribution is 5.89. The van der Waals surface area contributed by atoms with Crippen LogP contribution < -0.4 is 0 Å². The molecule has 4 rings (SSSR count). The molecule has 0 aliphatic rings. The Balaban J connectivity index is 1.64. The maximum absolute atomic E-state index is 9.06. The van der Waals surface area contributed by atoms with Crippen LogP contribution in [0.5, 0.6) is 0 Å². The zero-order valence-electron chi connectivity index (χ0n) is 14.1. The molecule has 2 aromatic heterocycles. The lowest BCUT2D eigenvalue weighted by Gasteiger charge is -2.03. The van der Waals surface area contributed by atoms with E-state index in [9.17, 15) is 0 Å². The minimum absolute atomic E-state index is 0.686. The molecule has 2 aromatic carbocycles. The smallest absolute Gasteiger partial charge is 0.0991 e. The quantitative estimate of drug-likeness (QED) is 0.593. The molecule has 0 amide bonds. The van der Waals surface area contributed by atoms with E-state index in [0.717, 1.165) is 34.3 Å². The summed E-state index contributed by atoms with van der Waals surface area (Å²) >= 11 is 0. The molecule has 1 N–H and O–H groups in total. The molecule has 0 saturated carbocycles. The van der Waals surface area contributed by atoms with Gasteiger partial charge in [0.15, 0.2) is 0 Å². The van der Waals surface area contributed by atoms with Crippen LogP contribution in [0.3, 0.4) is 0 Å². The number of fused-ring (bicyclic) bond motifs is 1. The van der Waals surface area contributed by atoms with Gasteiger partial charge in [0, 0.05) is 11.6 Å². The summed E-state index contributed by atoms with van der Waals surface area (Å²) in [6, 6.07) is 22.0. The van der Waals surface area contributed by atoms with E-state index in [1.165, 1.54) is 5.56 Å². The van der Waals surface area contributed by atoms with Crippen molar-refractivity contribution >= 4 is 23.1 Å². The highest BCUT2D eigenvalue weighted by atomic mass is 15.1. The number of hydrogen-bond acceptors (Lipinski definition) is 3. The number of aromatic nitrogens is 3. The van der Waals surface area contributed by atoms with Crippen molar-refractivity contribution in [1.82, 2.24) is 15.2 Å². The number of hydrogen-bond donors (Lipinski definition) is 1. The molecule has 0 saturated heterocycles. The number of nitrogens with one attached hydrogen (secondary N) is 1. The van der Waals surface area contributed by atoms with E-state index in [1.807, 2.05) is 60.7 Å². The summed E-state index contributed by atoms with van der Waals surface area (Å²) in [7, 11) is 0. The lowest BCUT2D eigenvalue weighted by molar-refractivity contribution is 1.11. The number of rotatable bonds is 4. The van der Waals surface area contributed by atoms with Crippen LogP contribution in [0.15, 0.2) is 66.9 Å². The predicted octanol–water partition coefficient (Wildman–Crippen LogP) is 4.59. The zero-order chi connectivity index (χ0) is 17.8. The second kappa shape index (κ2) is 7.04. The standard InChI is InChI=1S/C22H16N4/c23-15-18-5-3-4-16(13-18)12-17-7-9-21-20(14-17)22(26-25-21)10-8-19-6-1-2-11-24-19/h1-11,13-14H,12H2,(H,25,26). The van der Waals surface area contributed by atoms with Gasteiger partial charge in [0.2, 0.25) is 0 Å². The lowest BCUT2D eigenvalue weighted by atomic mass is 10.0. The van der Waals surface area contributed by atoms with Crippen LogP contribution >= 0.6 is 0 Å². The van der Waals surface area contributed by atoms with Gasteiger partial charge in [-0.15, -0.1) is 0 Å². The van der Waals surface area contributed by atoms with Crippen LogP contribution in [-0.2, 0) is 6.42 Å². The van der Waals surface area contributed by atoms with E-state index in [1.54, 1.807) is 6.20 Å². The van der Waals surface area contributed by atoms with Gasteiger partial charge in [0.05, 0.1) is 28.5 Å². The maximum atomic E-state index is 9.06. The third-order valence-electron chi connectivity index (χ3n) is 4.22. The van der Waals surface area contributed by atoms with E-state index in [4.69, 9.17) is 5.26 Å². The van der Waals surface area contributed by atoms with Gasteiger partial charge in [0.25, 0.3) is 0 Å². The Morgan fingerprint density at radius 2 is 1.88 bits per heavy atom. The number of nitriles is 1. The Kier molecular flexibility index (Phi) is 4.28. The SMILES string of the molecule is N#Cc1cccc(Cc2ccc3[nH]nc(C=Cc4ccccn4)c3c2)c1. The van der Waals surface area contributed by atoms with Crippen molar-refractivity contribution in [2.24, 2.45) is 0 Å². The number of aromatic amines is 1. The van der Waals surface area contributed by atoms with Crippen molar-refractivity contribution in [3.63, 3.8) is 0 Å². The highest BCUT2D eigenvalue weighted by Crippen LogP contribution is 2.21. The molecule has 0 unspecified atom stereocenters. The normalized spacial score (nSPS) is 11.0. The second-order valence-electron chi connectivity index (χ2n) is 6.07. The van der Waals surface area contributed by atoms with Crippen LogP contribution in [0.2, 0.25) is 0 Å². The molecule has 26 heavy (non-hydrogen) atoms. The van der Waals surface area contributed by atoms with Crippen LogP contribution in [0.4, 0.5) is 0 Å². The van der Waals surface area contributed by atoms with Crippen LogP contribution in [-0.4, -0.2) is 15.2 Å². The van der Waals surface area contributed by atoms with Crippen molar-refractivity contribution in [2.45, 2.75) is 6.42 Å². The van der Waals surface area contributed by atoms with Crippen LogP contribution in [0, 0.1) is 11.3 Å². The topological polar surface area (TPSA) is 65.4 Å². The number of benzene rings is 2. The van der Waals surface area contributed by atoms with Crippen molar-refractivity contribution in [3.05, 3.63) is 94.9 Å². The van der Waals surface area contributed by atoms with E-state index in [2.05, 4.69) is 33.4 Å². The molecular formula is C22H16N4. The van der Waals surface area contributed by atoms with Crippen molar-refractivity contribution in [2.75, 3.05) is 0 Å². The van der Waals surface area contributed by atoms with E-state index >= 15 is 0 Å². The zero-order valence-corrected chi connectivity index (χ0v) is 14.1. The molecule has 0 radical (unpaired) electrons. The first kappa shape index (κ1) is 15.8. The Morgan fingerprint density at radius 1 is 0.962 bits per heavy atom. The van der Waals surface area contributed by atoms with Gasteiger partial charge in [-0.05, 0) is 66.1 Å². The van der Waals surface area contributed by atoms with Gasteiger partial charge >= 0.3 is 0 Å². The van der Waals surface area contributed by atoms with Gasteiger partial charge in [-0.2, -0.15) is 10.4 Å². The summed E-state index contributed by atoms with van der Waals surface area (Å²) in [5, 5.41) is 17.6. The summed E-state index contributed by atoms with van der Waals surface area (Å²) in [5.74, 6) is 0. The number of H-pyrrole nitrogens is 1. The van der Waals surface area contributed by atoms with Crippen LogP contribution in [0.1, 0.15) is 28.1 Å².